The summed E-state index contributed by atoms with van der Waals surface area (Å²) in [7, 11) is 2.16. The van der Waals surface area contributed by atoms with Crippen LogP contribution in [0.4, 0.5) is 54.8 Å². The van der Waals surface area contributed by atoms with Crippen molar-refractivity contribution >= 4 is 17.9 Å². The number of fused-ring (bicyclic) bond motifs is 1. The number of carbonyl (C=O) groups excluding carboxylic acids is 2. The highest BCUT2D eigenvalue weighted by Crippen LogP contribution is 2.45. The van der Waals surface area contributed by atoms with Gasteiger partial charge in [0.25, 0.3) is 0 Å². The van der Waals surface area contributed by atoms with Crippen molar-refractivity contribution in [1.29, 1.82) is 0 Å². The Morgan fingerprint density at radius 2 is 1.47 bits per heavy atom. The van der Waals surface area contributed by atoms with Gasteiger partial charge in [-0.1, -0.05) is 6.92 Å². The number of halogens is 9. The molecule has 3 rings (SSSR count). The summed E-state index contributed by atoms with van der Waals surface area (Å²) in [5.41, 5.74) is -5.47. The number of anilines is 1. The van der Waals surface area contributed by atoms with Crippen molar-refractivity contribution in [2.75, 3.05) is 32.3 Å². The Bertz CT molecular complexity index is 1280. The van der Waals surface area contributed by atoms with Gasteiger partial charge >= 0.3 is 30.7 Å². The van der Waals surface area contributed by atoms with E-state index in [9.17, 15) is 49.1 Å². The molecule has 7 nitrogen and oxygen atoms in total. The number of carbonyl (C=O) groups is 2. The van der Waals surface area contributed by atoms with Gasteiger partial charge in [-0.15, -0.1) is 0 Å². The van der Waals surface area contributed by atoms with E-state index in [1.165, 1.54) is 7.11 Å². The first-order chi connectivity index (χ1) is 19.9. The molecule has 238 valence electrons. The maximum atomic E-state index is 13.7. The molecule has 43 heavy (non-hydrogen) atoms. The molecule has 0 saturated heterocycles. The smallest absolute Gasteiger partial charge is 0.416 e. The molecule has 0 spiro atoms. The molecule has 2 aromatic rings. The topological polar surface area (TPSA) is 68.3 Å². The molecule has 0 fully saturated rings. The molecule has 2 amide bonds. The number of benzene rings is 2. The van der Waals surface area contributed by atoms with Crippen LogP contribution in [0.15, 0.2) is 36.4 Å². The molecule has 16 heteroatoms. The van der Waals surface area contributed by atoms with Gasteiger partial charge in [0.1, 0.15) is 0 Å². The summed E-state index contributed by atoms with van der Waals surface area (Å²) in [6.07, 6.45) is -17.3. The summed E-state index contributed by atoms with van der Waals surface area (Å²) < 4.78 is 137. The average Bonchev–Trinajstić information content (AvgIpc) is 2.92. The van der Waals surface area contributed by atoms with Gasteiger partial charge in [0.15, 0.2) is 0 Å². The number of amides is 2. The molecule has 0 aliphatic carbocycles. The van der Waals surface area contributed by atoms with Gasteiger partial charge in [0, 0.05) is 13.7 Å². The summed E-state index contributed by atoms with van der Waals surface area (Å²) in [5, 5.41) is 0. The lowest BCUT2D eigenvalue weighted by molar-refractivity contribution is -0.143. The highest BCUT2D eigenvalue weighted by Gasteiger charge is 2.44. The zero-order valence-corrected chi connectivity index (χ0v) is 23.0. The summed E-state index contributed by atoms with van der Waals surface area (Å²) >= 11 is 0. The highest BCUT2D eigenvalue weighted by atomic mass is 19.4. The molecular weight excluding hydrogens is 603 g/mol. The van der Waals surface area contributed by atoms with Crippen LogP contribution in [0, 0.1) is 0 Å². The number of hydrogen-bond donors (Lipinski definition) is 0. The predicted molar refractivity (Wildman–Crippen MR) is 133 cm³/mol. The SMILES string of the molecule is CCCOC(=O)N1c2ccc(C(F)(F)F)cc2C(N(Cc2cc(C(F)(F)F)cc(C(F)(F)F)c2)C(=O)OC)CC1COC. The van der Waals surface area contributed by atoms with Crippen LogP contribution in [0.2, 0.25) is 0 Å². The van der Waals surface area contributed by atoms with Crippen molar-refractivity contribution in [1.82, 2.24) is 4.90 Å². The van der Waals surface area contributed by atoms with E-state index in [4.69, 9.17) is 14.2 Å². The quantitative estimate of drug-likeness (QED) is 0.292. The second-order valence-corrected chi connectivity index (χ2v) is 9.63. The number of rotatable bonds is 7. The fraction of sp³-hybridized carbons (Fsp3) is 0.481. The normalized spacial score (nSPS) is 17.3. The van der Waals surface area contributed by atoms with E-state index in [1.807, 2.05) is 0 Å². The number of ether oxygens (including phenoxy) is 3. The Labute approximate surface area is 240 Å². The van der Waals surface area contributed by atoms with E-state index in [1.54, 1.807) is 6.92 Å². The third kappa shape index (κ3) is 7.83. The van der Waals surface area contributed by atoms with Crippen LogP contribution in [0.1, 0.15) is 53.6 Å². The third-order valence-electron chi connectivity index (χ3n) is 6.61. The fourth-order valence-electron chi connectivity index (χ4n) is 4.77. The molecule has 2 atom stereocenters. The van der Waals surface area contributed by atoms with Gasteiger partial charge in [-0.05, 0) is 60.4 Å². The fourth-order valence-corrected chi connectivity index (χ4v) is 4.77. The first kappa shape index (κ1) is 33.8. The van der Waals surface area contributed by atoms with Gasteiger partial charge in [-0.3, -0.25) is 9.80 Å². The minimum Gasteiger partial charge on any atom is -0.453 e. The van der Waals surface area contributed by atoms with E-state index >= 15 is 0 Å². The highest BCUT2D eigenvalue weighted by molar-refractivity contribution is 5.90. The molecule has 1 heterocycles. The first-order valence-corrected chi connectivity index (χ1v) is 12.7. The van der Waals surface area contributed by atoms with Crippen LogP contribution < -0.4 is 4.90 Å². The van der Waals surface area contributed by atoms with Gasteiger partial charge in [-0.2, -0.15) is 39.5 Å². The lowest BCUT2D eigenvalue weighted by atomic mass is 9.88. The molecular formula is C27H27F9N2O5. The van der Waals surface area contributed by atoms with Crippen LogP contribution >= 0.6 is 0 Å². The summed E-state index contributed by atoms with van der Waals surface area (Å²) in [4.78, 5) is 27.8. The third-order valence-corrected chi connectivity index (χ3v) is 6.61. The minimum atomic E-state index is -5.19. The number of hydrogen-bond acceptors (Lipinski definition) is 5. The number of nitrogens with zero attached hydrogens (tertiary/aromatic N) is 2. The zero-order chi connectivity index (χ0) is 32.3. The van der Waals surface area contributed by atoms with Gasteiger partial charge < -0.3 is 14.2 Å². The summed E-state index contributed by atoms with van der Waals surface area (Å²) in [6.45, 7) is 0.552. The average molecular weight is 631 g/mol. The summed E-state index contributed by atoms with van der Waals surface area (Å²) in [6, 6.07) is 0.659. The molecule has 0 N–H and O–H groups in total. The number of alkyl halides is 9. The van der Waals surface area contributed by atoms with E-state index in [0.29, 0.717) is 35.6 Å². The van der Waals surface area contributed by atoms with Crippen molar-refractivity contribution in [3.8, 4) is 0 Å². The van der Waals surface area contributed by atoms with E-state index in [0.717, 1.165) is 18.1 Å². The maximum Gasteiger partial charge on any atom is 0.416 e. The Kier molecular flexibility index (Phi) is 10.1. The van der Waals surface area contributed by atoms with Gasteiger partial charge in [0.05, 0.1) is 54.8 Å². The van der Waals surface area contributed by atoms with Crippen molar-refractivity contribution in [2.45, 2.75) is 56.9 Å². The largest absolute Gasteiger partial charge is 0.453 e. The van der Waals surface area contributed by atoms with Crippen molar-refractivity contribution in [3.63, 3.8) is 0 Å². The van der Waals surface area contributed by atoms with E-state index < -0.39 is 71.6 Å². The van der Waals surface area contributed by atoms with Gasteiger partial charge in [-0.25, -0.2) is 9.59 Å². The predicted octanol–water partition coefficient (Wildman–Crippen LogP) is 7.82. The molecule has 2 unspecified atom stereocenters. The Hall–Kier alpha value is -3.69. The van der Waals surface area contributed by atoms with Crippen LogP contribution in [0.5, 0.6) is 0 Å². The van der Waals surface area contributed by atoms with Gasteiger partial charge in [0.2, 0.25) is 0 Å². The van der Waals surface area contributed by atoms with Crippen molar-refractivity contribution in [3.05, 3.63) is 64.2 Å². The molecule has 0 radical (unpaired) electrons. The Balaban J connectivity index is 2.23. The van der Waals surface area contributed by atoms with Crippen LogP contribution in [-0.4, -0.2) is 50.6 Å². The molecule has 2 aromatic carbocycles. The lowest BCUT2D eigenvalue weighted by Crippen LogP contribution is -2.50. The second kappa shape index (κ2) is 12.9. The maximum absolute atomic E-state index is 13.7. The first-order valence-electron chi connectivity index (χ1n) is 12.7. The Morgan fingerprint density at radius 1 is 0.884 bits per heavy atom. The number of methoxy groups -OCH3 is 2. The lowest BCUT2D eigenvalue weighted by Gasteiger charge is -2.43. The van der Waals surface area contributed by atoms with Crippen molar-refractivity contribution < 1.29 is 63.3 Å². The molecule has 0 saturated carbocycles. The standard InChI is InChI=1S/C27H27F9N2O5/c1-4-7-43-24(40)38-19(14-41-2)12-22(20-11-16(25(28,29)30)5-6-21(20)38)37(23(39)42-3)13-15-8-17(26(31,32)33)10-18(9-15)27(34,35)36/h5-6,8-11,19,22H,4,7,12-14H2,1-3H3. The molecule has 1 aliphatic rings. The van der Waals surface area contributed by atoms with Crippen LogP contribution in [0.3, 0.4) is 0 Å². The molecule has 0 bridgehead atoms. The minimum absolute atomic E-state index is 0.0280. The molecule has 0 aromatic heterocycles. The Morgan fingerprint density at radius 3 is 1.95 bits per heavy atom. The van der Waals surface area contributed by atoms with E-state index in [-0.39, 0.29) is 37.0 Å². The summed E-state index contributed by atoms with van der Waals surface area (Å²) in [5.74, 6) is 0. The second-order valence-electron chi connectivity index (χ2n) is 9.63. The van der Waals surface area contributed by atoms with Crippen molar-refractivity contribution in [2.24, 2.45) is 0 Å². The van der Waals surface area contributed by atoms with E-state index in [2.05, 4.69) is 0 Å². The monoisotopic (exact) mass is 630 g/mol. The van der Waals surface area contributed by atoms with Crippen LogP contribution in [-0.2, 0) is 39.3 Å². The zero-order valence-electron chi connectivity index (χ0n) is 23.0. The van der Waals surface area contributed by atoms with Crippen LogP contribution in [0.25, 0.3) is 0 Å². The molecule has 1 aliphatic heterocycles.